The second-order valence-corrected chi connectivity index (χ2v) is 7.52. The highest BCUT2D eigenvalue weighted by molar-refractivity contribution is 5.78. The molecule has 0 aromatic heterocycles. The zero-order valence-electron chi connectivity index (χ0n) is 13.6. The molecule has 5 atom stereocenters. The number of fused-ring (bicyclic) bond motifs is 2. The van der Waals surface area contributed by atoms with Gasteiger partial charge in [-0.15, -0.1) is 0 Å². The van der Waals surface area contributed by atoms with Crippen molar-refractivity contribution in [1.29, 1.82) is 0 Å². The topological polar surface area (TPSA) is 44.4 Å². The van der Waals surface area contributed by atoms with E-state index in [0.717, 1.165) is 30.8 Å². The third kappa shape index (κ3) is 3.42. The Kier molecular flexibility index (Phi) is 4.85. The van der Waals surface area contributed by atoms with Crippen molar-refractivity contribution in [3.63, 3.8) is 0 Å². The SMILES string of the molecule is CNCC1CCCN1CC(=O)NC(C)C1CC2CCC1C2. The normalized spacial score (nSPS) is 37.0. The number of amides is 1. The average molecular weight is 293 g/mol. The van der Waals surface area contributed by atoms with Gasteiger partial charge in [0.15, 0.2) is 0 Å². The fourth-order valence-electron chi connectivity index (χ4n) is 5.07. The van der Waals surface area contributed by atoms with E-state index < -0.39 is 0 Å². The maximum absolute atomic E-state index is 12.3. The van der Waals surface area contributed by atoms with Crippen LogP contribution in [0.15, 0.2) is 0 Å². The van der Waals surface area contributed by atoms with Crippen LogP contribution in [0.4, 0.5) is 0 Å². The molecule has 2 saturated carbocycles. The zero-order valence-corrected chi connectivity index (χ0v) is 13.6. The van der Waals surface area contributed by atoms with Gasteiger partial charge in [0.2, 0.25) is 5.91 Å². The lowest BCUT2D eigenvalue weighted by Crippen LogP contribution is -2.47. The number of carbonyl (C=O) groups excluding carboxylic acids is 1. The van der Waals surface area contributed by atoms with Crippen molar-refractivity contribution < 1.29 is 4.79 Å². The Morgan fingerprint density at radius 2 is 2.14 bits per heavy atom. The number of rotatable bonds is 6. The quantitative estimate of drug-likeness (QED) is 0.782. The first-order valence-corrected chi connectivity index (χ1v) is 8.85. The molecule has 3 fully saturated rings. The number of hydrogen-bond donors (Lipinski definition) is 2. The van der Waals surface area contributed by atoms with Gasteiger partial charge in [-0.25, -0.2) is 0 Å². The van der Waals surface area contributed by atoms with E-state index in [-0.39, 0.29) is 5.91 Å². The third-order valence-electron chi connectivity index (χ3n) is 6.11. The molecule has 4 heteroatoms. The molecule has 0 aromatic carbocycles. The molecule has 0 aromatic rings. The van der Waals surface area contributed by atoms with Gasteiger partial charge in [0.25, 0.3) is 0 Å². The average Bonchev–Trinajstić information content (AvgIpc) is 3.16. The lowest BCUT2D eigenvalue weighted by molar-refractivity contribution is -0.123. The highest BCUT2D eigenvalue weighted by Gasteiger charge is 2.42. The predicted molar refractivity (Wildman–Crippen MR) is 85.1 cm³/mol. The second kappa shape index (κ2) is 6.66. The number of carbonyl (C=O) groups is 1. The largest absolute Gasteiger partial charge is 0.352 e. The van der Waals surface area contributed by atoms with Crippen molar-refractivity contribution >= 4 is 5.91 Å². The van der Waals surface area contributed by atoms with E-state index in [4.69, 9.17) is 0 Å². The molecule has 21 heavy (non-hydrogen) atoms. The first-order valence-electron chi connectivity index (χ1n) is 8.85. The van der Waals surface area contributed by atoms with Crippen LogP contribution in [0, 0.1) is 17.8 Å². The highest BCUT2D eigenvalue weighted by atomic mass is 16.2. The van der Waals surface area contributed by atoms with Crippen molar-refractivity contribution in [2.45, 2.75) is 57.5 Å². The second-order valence-electron chi connectivity index (χ2n) is 7.52. The summed E-state index contributed by atoms with van der Waals surface area (Å²) in [7, 11) is 1.99. The minimum atomic E-state index is 0.230. The lowest BCUT2D eigenvalue weighted by Gasteiger charge is -2.30. The molecule has 1 aliphatic heterocycles. The van der Waals surface area contributed by atoms with E-state index in [1.54, 1.807) is 0 Å². The van der Waals surface area contributed by atoms with E-state index in [1.165, 1.54) is 38.5 Å². The number of likely N-dealkylation sites (tertiary alicyclic amines) is 1. The van der Waals surface area contributed by atoms with E-state index in [2.05, 4.69) is 22.5 Å². The lowest BCUT2D eigenvalue weighted by atomic mass is 9.84. The fraction of sp³-hybridized carbons (Fsp3) is 0.941. The number of nitrogens with one attached hydrogen (secondary N) is 2. The molecule has 4 nitrogen and oxygen atoms in total. The van der Waals surface area contributed by atoms with Gasteiger partial charge in [0.1, 0.15) is 0 Å². The number of hydrogen-bond acceptors (Lipinski definition) is 3. The van der Waals surface area contributed by atoms with Crippen molar-refractivity contribution in [2.75, 3.05) is 26.7 Å². The Morgan fingerprint density at radius 1 is 1.29 bits per heavy atom. The predicted octanol–water partition coefficient (Wildman–Crippen LogP) is 1.61. The summed E-state index contributed by atoms with van der Waals surface area (Å²) in [5.41, 5.74) is 0. The maximum Gasteiger partial charge on any atom is 0.234 e. The summed E-state index contributed by atoms with van der Waals surface area (Å²) in [4.78, 5) is 14.7. The Balaban J connectivity index is 1.45. The molecule has 2 bridgehead atoms. The molecular weight excluding hydrogens is 262 g/mol. The molecule has 0 spiro atoms. The van der Waals surface area contributed by atoms with Gasteiger partial charge >= 0.3 is 0 Å². The molecular formula is C17H31N3O. The van der Waals surface area contributed by atoms with Crippen molar-refractivity contribution in [3.8, 4) is 0 Å². The molecule has 1 amide bonds. The third-order valence-corrected chi connectivity index (χ3v) is 6.11. The summed E-state index contributed by atoms with van der Waals surface area (Å²) in [6, 6.07) is 0.900. The van der Waals surface area contributed by atoms with E-state index in [9.17, 15) is 4.79 Å². The highest BCUT2D eigenvalue weighted by Crippen LogP contribution is 2.49. The van der Waals surface area contributed by atoms with Crippen LogP contribution < -0.4 is 10.6 Å². The van der Waals surface area contributed by atoms with Gasteiger partial charge in [0.05, 0.1) is 6.54 Å². The Bertz CT molecular complexity index is 373. The van der Waals surface area contributed by atoms with Gasteiger partial charge < -0.3 is 10.6 Å². The van der Waals surface area contributed by atoms with Crippen LogP contribution in [0.25, 0.3) is 0 Å². The minimum absolute atomic E-state index is 0.230. The summed E-state index contributed by atoms with van der Waals surface area (Å²) in [5, 5.41) is 6.54. The number of nitrogens with zero attached hydrogens (tertiary/aromatic N) is 1. The summed E-state index contributed by atoms with van der Waals surface area (Å²) < 4.78 is 0. The summed E-state index contributed by atoms with van der Waals surface area (Å²) in [6.45, 7) is 4.87. The minimum Gasteiger partial charge on any atom is -0.352 e. The smallest absolute Gasteiger partial charge is 0.234 e. The van der Waals surface area contributed by atoms with Crippen LogP contribution in [-0.4, -0.2) is 49.6 Å². The Hall–Kier alpha value is -0.610. The summed E-state index contributed by atoms with van der Waals surface area (Å²) in [6.07, 6.45) is 8.03. The molecule has 1 saturated heterocycles. The molecule has 3 aliphatic rings. The van der Waals surface area contributed by atoms with Crippen molar-refractivity contribution in [3.05, 3.63) is 0 Å². The first kappa shape index (κ1) is 15.3. The fourth-order valence-corrected chi connectivity index (χ4v) is 5.07. The van der Waals surface area contributed by atoms with Crippen LogP contribution in [0.3, 0.4) is 0 Å². The van der Waals surface area contributed by atoms with Crippen LogP contribution in [0.1, 0.15) is 45.4 Å². The molecule has 5 unspecified atom stereocenters. The van der Waals surface area contributed by atoms with Crippen LogP contribution in [0.2, 0.25) is 0 Å². The molecule has 2 N–H and O–H groups in total. The summed E-state index contributed by atoms with van der Waals surface area (Å²) in [5.74, 6) is 2.81. The zero-order chi connectivity index (χ0) is 14.8. The van der Waals surface area contributed by atoms with Crippen molar-refractivity contribution in [1.82, 2.24) is 15.5 Å². The van der Waals surface area contributed by atoms with Crippen LogP contribution >= 0.6 is 0 Å². The van der Waals surface area contributed by atoms with Crippen molar-refractivity contribution in [2.24, 2.45) is 17.8 Å². The first-order chi connectivity index (χ1) is 10.2. The van der Waals surface area contributed by atoms with E-state index in [0.29, 0.717) is 18.6 Å². The Labute approximate surface area is 129 Å². The molecule has 1 heterocycles. The van der Waals surface area contributed by atoms with Crippen LogP contribution in [-0.2, 0) is 4.79 Å². The van der Waals surface area contributed by atoms with Gasteiger partial charge in [-0.3, -0.25) is 9.69 Å². The molecule has 0 radical (unpaired) electrons. The molecule has 3 rings (SSSR count). The van der Waals surface area contributed by atoms with Gasteiger partial charge in [0, 0.05) is 18.6 Å². The van der Waals surface area contributed by atoms with Gasteiger partial charge in [-0.05, 0) is 70.4 Å². The van der Waals surface area contributed by atoms with Gasteiger partial charge in [-0.2, -0.15) is 0 Å². The van der Waals surface area contributed by atoms with E-state index >= 15 is 0 Å². The summed E-state index contributed by atoms with van der Waals surface area (Å²) >= 11 is 0. The monoisotopic (exact) mass is 293 g/mol. The standard InChI is InChI=1S/C17H31N3O/c1-12(16-9-13-5-6-14(16)8-13)19-17(21)11-20-7-3-4-15(20)10-18-2/h12-16,18H,3-11H2,1-2H3,(H,19,21). The maximum atomic E-state index is 12.3. The molecule has 120 valence electrons. The Morgan fingerprint density at radius 3 is 2.81 bits per heavy atom. The van der Waals surface area contributed by atoms with Gasteiger partial charge in [-0.1, -0.05) is 6.42 Å². The van der Waals surface area contributed by atoms with E-state index in [1.807, 2.05) is 7.05 Å². The number of likely N-dealkylation sites (N-methyl/N-ethyl adjacent to an activating group) is 1. The van der Waals surface area contributed by atoms with Crippen LogP contribution in [0.5, 0.6) is 0 Å². The molecule has 2 aliphatic carbocycles.